The summed E-state index contributed by atoms with van der Waals surface area (Å²) in [5.41, 5.74) is 5.90. The molecule has 36 heavy (non-hydrogen) atoms. The molecule has 5 rings (SSSR count). The van der Waals surface area contributed by atoms with Crippen LogP contribution in [0.15, 0.2) is 65.8 Å². The first-order chi connectivity index (χ1) is 17.8. The Labute approximate surface area is 216 Å². The number of aromatic nitrogens is 1. The van der Waals surface area contributed by atoms with E-state index in [-0.39, 0.29) is 5.91 Å². The summed E-state index contributed by atoms with van der Waals surface area (Å²) in [6, 6.07) is 20.6. The average molecular weight is 505 g/mol. The molecule has 3 aromatic rings. The molecule has 0 saturated carbocycles. The number of rotatable bonds is 8. The van der Waals surface area contributed by atoms with Crippen molar-refractivity contribution in [1.82, 2.24) is 15.3 Å². The maximum absolute atomic E-state index is 12.5. The lowest BCUT2D eigenvalue weighted by molar-refractivity contribution is -0.121. The monoisotopic (exact) mass is 504 g/mol. The number of amides is 1. The Hall–Kier alpha value is -3.27. The molecule has 0 atom stereocenters. The van der Waals surface area contributed by atoms with Crippen LogP contribution in [0.5, 0.6) is 0 Å². The summed E-state index contributed by atoms with van der Waals surface area (Å²) in [6.07, 6.45) is 2.15. The van der Waals surface area contributed by atoms with Crippen LogP contribution in [0, 0.1) is 0 Å². The molecule has 2 aliphatic rings. The van der Waals surface area contributed by atoms with Crippen molar-refractivity contribution < 1.29 is 9.53 Å². The van der Waals surface area contributed by atoms with Crippen LogP contribution in [-0.2, 0) is 9.53 Å². The lowest BCUT2D eigenvalue weighted by atomic mass is 10.1. The topological polar surface area (TPSA) is 73.3 Å². The van der Waals surface area contributed by atoms with Crippen LogP contribution in [0.4, 0.5) is 10.8 Å². The van der Waals surface area contributed by atoms with Crippen LogP contribution in [0.2, 0.25) is 0 Å². The van der Waals surface area contributed by atoms with Crippen molar-refractivity contribution in [2.24, 2.45) is 5.10 Å². The van der Waals surface area contributed by atoms with Crippen molar-refractivity contribution in [3.63, 3.8) is 0 Å². The number of nitrogens with zero attached hydrogens (tertiary/aromatic N) is 5. The first-order valence-electron chi connectivity index (χ1n) is 12.5. The van der Waals surface area contributed by atoms with E-state index in [1.54, 1.807) is 17.6 Å². The van der Waals surface area contributed by atoms with Crippen molar-refractivity contribution in [3.05, 3.63) is 65.5 Å². The molecule has 9 heteroatoms. The van der Waals surface area contributed by atoms with Gasteiger partial charge in [-0.25, -0.2) is 10.4 Å². The number of anilines is 2. The normalized spacial score (nSPS) is 17.0. The molecule has 3 heterocycles. The lowest BCUT2D eigenvalue weighted by Crippen LogP contribution is -2.47. The van der Waals surface area contributed by atoms with Gasteiger partial charge in [-0.05, 0) is 12.1 Å². The first kappa shape index (κ1) is 24.4. The van der Waals surface area contributed by atoms with Gasteiger partial charge in [-0.15, -0.1) is 0 Å². The number of hydrogen-bond donors (Lipinski definition) is 1. The summed E-state index contributed by atoms with van der Waals surface area (Å²) < 4.78 is 5.48. The third kappa shape index (κ3) is 6.29. The maximum Gasteiger partial charge on any atom is 0.241 e. The van der Waals surface area contributed by atoms with E-state index in [9.17, 15) is 4.79 Å². The zero-order valence-corrected chi connectivity index (χ0v) is 21.2. The zero-order chi connectivity index (χ0) is 24.6. The van der Waals surface area contributed by atoms with Crippen LogP contribution in [-0.4, -0.2) is 81.0 Å². The number of hydrazone groups is 1. The number of carbonyl (C=O) groups excluding carboxylic acids is 1. The standard InChI is InChI=1S/C27H32N6O2S/c34-25(11-12-31-13-15-32(16-14-31)23-9-5-2-6-10-23)30-28-21-24-26(22-7-3-1-4-8-22)29-27(36-24)33-17-19-35-20-18-33/h1-10,21H,11-20H2,(H,30,34)/b28-21+. The van der Waals surface area contributed by atoms with Crippen molar-refractivity contribution in [2.75, 3.05) is 68.8 Å². The van der Waals surface area contributed by atoms with Crippen molar-refractivity contribution in [2.45, 2.75) is 6.42 Å². The maximum atomic E-state index is 12.5. The largest absolute Gasteiger partial charge is 0.378 e. The fourth-order valence-corrected chi connectivity index (χ4v) is 5.46. The van der Waals surface area contributed by atoms with Crippen LogP contribution < -0.4 is 15.2 Å². The number of hydrogen-bond acceptors (Lipinski definition) is 8. The molecule has 1 N–H and O–H groups in total. The molecule has 1 amide bonds. The van der Waals surface area contributed by atoms with E-state index in [0.29, 0.717) is 19.6 Å². The van der Waals surface area contributed by atoms with E-state index in [4.69, 9.17) is 9.72 Å². The Morgan fingerprint density at radius 2 is 1.64 bits per heavy atom. The van der Waals surface area contributed by atoms with Gasteiger partial charge in [0.1, 0.15) is 0 Å². The SMILES string of the molecule is O=C(CCN1CCN(c2ccccc2)CC1)N/N=C/c1sc(N2CCOCC2)nc1-c1ccccc1. The fourth-order valence-electron chi connectivity index (χ4n) is 4.45. The highest BCUT2D eigenvalue weighted by Gasteiger charge is 2.20. The number of thiazole rings is 1. The molecule has 0 bridgehead atoms. The van der Waals surface area contributed by atoms with Gasteiger partial charge in [0.15, 0.2) is 5.13 Å². The minimum Gasteiger partial charge on any atom is -0.378 e. The molecule has 0 unspecified atom stereocenters. The van der Waals surface area contributed by atoms with E-state index in [0.717, 1.165) is 67.1 Å². The van der Waals surface area contributed by atoms with Gasteiger partial charge in [-0.2, -0.15) is 5.10 Å². The molecule has 2 aliphatic heterocycles. The van der Waals surface area contributed by atoms with Gasteiger partial charge < -0.3 is 14.5 Å². The van der Waals surface area contributed by atoms with Gasteiger partial charge in [0.2, 0.25) is 5.91 Å². The van der Waals surface area contributed by atoms with Gasteiger partial charge in [0, 0.05) is 63.5 Å². The highest BCUT2D eigenvalue weighted by atomic mass is 32.1. The van der Waals surface area contributed by atoms with Crippen molar-refractivity contribution >= 4 is 34.3 Å². The summed E-state index contributed by atoms with van der Waals surface area (Å²) in [6.45, 7) is 7.67. The van der Waals surface area contributed by atoms with E-state index in [2.05, 4.69) is 49.5 Å². The Kier molecular flexibility index (Phi) is 8.22. The molecular formula is C27H32N6O2S. The number of carbonyl (C=O) groups is 1. The molecule has 1 aromatic heterocycles. The Morgan fingerprint density at radius 1 is 0.944 bits per heavy atom. The summed E-state index contributed by atoms with van der Waals surface area (Å²) in [5, 5.41) is 5.24. The van der Waals surface area contributed by atoms with E-state index < -0.39 is 0 Å². The fraction of sp³-hybridized carbons (Fsp3) is 0.370. The molecular weight excluding hydrogens is 472 g/mol. The number of benzene rings is 2. The quantitative estimate of drug-likeness (QED) is 0.375. The molecule has 0 aliphatic carbocycles. The van der Waals surface area contributed by atoms with Gasteiger partial charge in [0.05, 0.1) is 30.0 Å². The van der Waals surface area contributed by atoms with Gasteiger partial charge in [0.25, 0.3) is 0 Å². The first-order valence-corrected chi connectivity index (χ1v) is 13.3. The number of ether oxygens (including phenoxy) is 1. The predicted octanol–water partition coefficient (Wildman–Crippen LogP) is 3.31. The van der Waals surface area contributed by atoms with Crippen LogP contribution in [0.1, 0.15) is 11.3 Å². The number of nitrogens with one attached hydrogen (secondary N) is 1. The van der Waals surface area contributed by atoms with Crippen LogP contribution in [0.3, 0.4) is 0 Å². The van der Waals surface area contributed by atoms with Gasteiger partial charge in [-0.3, -0.25) is 9.69 Å². The highest BCUT2D eigenvalue weighted by molar-refractivity contribution is 7.17. The minimum absolute atomic E-state index is 0.0732. The zero-order valence-electron chi connectivity index (χ0n) is 20.4. The molecule has 0 radical (unpaired) electrons. The predicted molar refractivity (Wildman–Crippen MR) is 146 cm³/mol. The Bertz CT molecular complexity index is 1140. The minimum atomic E-state index is -0.0732. The third-order valence-electron chi connectivity index (χ3n) is 6.49. The van der Waals surface area contributed by atoms with E-state index >= 15 is 0 Å². The van der Waals surface area contributed by atoms with Crippen LogP contribution in [0.25, 0.3) is 11.3 Å². The van der Waals surface area contributed by atoms with Gasteiger partial charge >= 0.3 is 0 Å². The second-order valence-corrected chi connectivity index (χ2v) is 9.89. The number of morpholine rings is 1. The van der Waals surface area contributed by atoms with Gasteiger partial charge in [-0.1, -0.05) is 59.9 Å². The molecule has 188 valence electrons. The second kappa shape index (κ2) is 12.1. The van der Waals surface area contributed by atoms with E-state index in [1.165, 1.54) is 5.69 Å². The van der Waals surface area contributed by atoms with E-state index in [1.807, 2.05) is 36.4 Å². The molecule has 2 saturated heterocycles. The summed E-state index contributed by atoms with van der Waals surface area (Å²) in [5.74, 6) is -0.0732. The number of piperazine rings is 1. The van der Waals surface area contributed by atoms with Crippen molar-refractivity contribution in [1.29, 1.82) is 0 Å². The average Bonchev–Trinajstić information content (AvgIpc) is 3.38. The van der Waals surface area contributed by atoms with Crippen molar-refractivity contribution in [3.8, 4) is 11.3 Å². The molecule has 0 spiro atoms. The summed E-state index contributed by atoms with van der Waals surface area (Å²) >= 11 is 1.59. The Morgan fingerprint density at radius 3 is 2.36 bits per heavy atom. The summed E-state index contributed by atoms with van der Waals surface area (Å²) in [4.78, 5) is 25.3. The van der Waals surface area contributed by atoms with Crippen LogP contribution >= 0.6 is 11.3 Å². The molecule has 2 aromatic carbocycles. The molecule has 8 nitrogen and oxygen atoms in total. The third-order valence-corrected chi connectivity index (χ3v) is 7.54. The summed E-state index contributed by atoms with van der Waals surface area (Å²) in [7, 11) is 0. The highest BCUT2D eigenvalue weighted by Crippen LogP contribution is 2.32. The number of para-hydroxylation sites is 1. The lowest BCUT2D eigenvalue weighted by Gasteiger charge is -2.36. The Balaban J connectivity index is 1.14. The smallest absolute Gasteiger partial charge is 0.241 e. The second-order valence-electron chi connectivity index (χ2n) is 8.88. The molecule has 2 fully saturated rings.